The van der Waals surface area contributed by atoms with Gasteiger partial charge in [-0.3, -0.25) is 0 Å². The standard InChI is InChI=1S/C12H27N.Ag/c1-2-3-4-5-6-7-8-9-10-11-12-13;/h2-13H2,1H3;. The van der Waals surface area contributed by atoms with Crippen molar-refractivity contribution in [2.24, 2.45) is 5.73 Å². The third kappa shape index (κ3) is 15.2. The van der Waals surface area contributed by atoms with Crippen LogP contribution < -0.4 is 5.73 Å². The number of hydrogen-bond donors (Lipinski definition) is 1. The van der Waals surface area contributed by atoms with Gasteiger partial charge in [0.15, 0.2) is 0 Å². The minimum Gasteiger partial charge on any atom is -0.330 e. The van der Waals surface area contributed by atoms with Crippen molar-refractivity contribution in [3.8, 4) is 0 Å². The van der Waals surface area contributed by atoms with Gasteiger partial charge in [0.25, 0.3) is 0 Å². The van der Waals surface area contributed by atoms with Gasteiger partial charge in [-0.1, -0.05) is 64.7 Å². The van der Waals surface area contributed by atoms with Crippen LogP contribution in [0.3, 0.4) is 0 Å². The van der Waals surface area contributed by atoms with Crippen LogP contribution in [0.4, 0.5) is 0 Å². The third-order valence-corrected chi connectivity index (χ3v) is 2.56. The van der Waals surface area contributed by atoms with Gasteiger partial charge in [0.05, 0.1) is 0 Å². The molecule has 2 N–H and O–H groups in total. The molecule has 0 aliphatic heterocycles. The largest absolute Gasteiger partial charge is 0.330 e. The summed E-state index contributed by atoms with van der Waals surface area (Å²) in [5.41, 5.74) is 5.42. The molecule has 0 aliphatic carbocycles. The van der Waals surface area contributed by atoms with E-state index in [-0.39, 0.29) is 22.4 Å². The zero-order chi connectivity index (χ0) is 9.78. The normalized spacial score (nSPS) is 9.86. The molecule has 0 bridgehead atoms. The predicted molar refractivity (Wildman–Crippen MR) is 60.9 cm³/mol. The average molecular weight is 293 g/mol. The Labute approximate surface area is 106 Å². The molecule has 0 amide bonds. The molecule has 0 rings (SSSR count). The number of hydrogen-bond acceptors (Lipinski definition) is 1. The maximum atomic E-state index is 5.42. The molecule has 0 aromatic heterocycles. The quantitative estimate of drug-likeness (QED) is 0.480. The maximum absolute atomic E-state index is 5.42. The monoisotopic (exact) mass is 292 g/mol. The molecule has 0 aliphatic rings. The van der Waals surface area contributed by atoms with Gasteiger partial charge in [-0.15, -0.1) is 0 Å². The van der Waals surface area contributed by atoms with E-state index in [4.69, 9.17) is 5.73 Å². The van der Waals surface area contributed by atoms with Crippen molar-refractivity contribution >= 4 is 0 Å². The Kier molecular flexibility index (Phi) is 19.7. The van der Waals surface area contributed by atoms with E-state index in [2.05, 4.69) is 6.92 Å². The Bertz CT molecular complexity index is 76.4. The van der Waals surface area contributed by atoms with Crippen LogP contribution >= 0.6 is 0 Å². The van der Waals surface area contributed by atoms with Crippen molar-refractivity contribution in [1.82, 2.24) is 0 Å². The predicted octanol–water partition coefficient (Wildman–Crippen LogP) is 3.86. The van der Waals surface area contributed by atoms with Crippen molar-refractivity contribution < 1.29 is 22.4 Å². The van der Waals surface area contributed by atoms with Crippen molar-refractivity contribution in [2.45, 2.75) is 71.1 Å². The van der Waals surface area contributed by atoms with Crippen LogP contribution in [0.15, 0.2) is 0 Å². The van der Waals surface area contributed by atoms with Crippen LogP contribution in [0.1, 0.15) is 71.1 Å². The summed E-state index contributed by atoms with van der Waals surface area (Å²) < 4.78 is 0. The van der Waals surface area contributed by atoms with Crippen molar-refractivity contribution in [3.05, 3.63) is 0 Å². The van der Waals surface area contributed by atoms with Gasteiger partial charge in [0.1, 0.15) is 0 Å². The molecule has 0 aromatic rings. The fraction of sp³-hybridized carbons (Fsp3) is 1.00. The van der Waals surface area contributed by atoms with Crippen LogP contribution in [-0.4, -0.2) is 6.54 Å². The summed E-state index contributed by atoms with van der Waals surface area (Å²) in [4.78, 5) is 0. The van der Waals surface area contributed by atoms with Gasteiger partial charge in [0.2, 0.25) is 0 Å². The molecule has 0 aromatic carbocycles. The molecule has 2 heteroatoms. The first-order valence-electron chi connectivity index (χ1n) is 6.12. The first-order valence-corrected chi connectivity index (χ1v) is 6.12. The van der Waals surface area contributed by atoms with Gasteiger partial charge in [0, 0.05) is 22.4 Å². The minimum atomic E-state index is 0. The van der Waals surface area contributed by atoms with Crippen molar-refractivity contribution in [1.29, 1.82) is 0 Å². The second-order valence-corrected chi connectivity index (χ2v) is 3.97. The fourth-order valence-corrected chi connectivity index (χ4v) is 1.63. The molecule has 0 heterocycles. The van der Waals surface area contributed by atoms with E-state index in [1.165, 1.54) is 64.2 Å². The maximum Gasteiger partial charge on any atom is 0 e. The molecular weight excluding hydrogens is 266 g/mol. The SMILES string of the molecule is CCCCCCCCCCCCN.[Ag]. The van der Waals surface area contributed by atoms with Crippen LogP contribution in [0.5, 0.6) is 0 Å². The molecule has 1 nitrogen and oxygen atoms in total. The Balaban J connectivity index is 0. The van der Waals surface area contributed by atoms with Crippen molar-refractivity contribution in [3.63, 3.8) is 0 Å². The summed E-state index contributed by atoms with van der Waals surface area (Å²) in [6.07, 6.45) is 13.9. The summed E-state index contributed by atoms with van der Waals surface area (Å²) in [5, 5.41) is 0. The van der Waals surface area contributed by atoms with Crippen LogP contribution in [-0.2, 0) is 22.4 Å². The van der Waals surface area contributed by atoms with E-state index >= 15 is 0 Å². The van der Waals surface area contributed by atoms with E-state index in [1.54, 1.807) is 0 Å². The minimum absolute atomic E-state index is 0. The summed E-state index contributed by atoms with van der Waals surface area (Å²) in [5.74, 6) is 0. The zero-order valence-corrected chi connectivity index (χ0v) is 11.1. The molecule has 0 fully saturated rings. The summed E-state index contributed by atoms with van der Waals surface area (Å²) in [7, 11) is 0. The van der Waals surface area contributed by atoms with Gasteiger partial charge < -0.3 is 5.73 Å². The van der Waals surface area contributed by atoms with E-state index in [1.807, 2.05) is 0 Å². The number of rotatable bonds is 10. The summed E-state index contributed by atoms with van der Waals surface area (Å²) in [6.45, 7) is 3.14. The zero-order valence-electron chi connectivity index (χ0n) is 9.66. The van der Waals surface area contributed by atoms with Crippen molar-refractivity contribution in [2.75, 3.05) is 6.54 Å². The Morgan fingerprint density at radius 3 is 1.36 bits per heavy atom. The third-order valence-electron chi connectivity index (χ3n) is 2.56. The Morgan fingerprint density at radius 2 is 1.00 bits per heavy atom. The van der Waals surface area contributed by atoms with E-state index < -0.39 is 0 Å². The first-order chi connectivity index (χ1) is 6.41. The van der Waals surface area contributed by atoms with Gasteiger partial charge >= 0.3 is 0 Å². The molecular formula is C12H27AgN. The summed E-state index contributed by atoms with van der Waals surface area (Å²) >= 11 is 0. The molecule has 0 saturated heterocycles. The first kappa shape index (κ1) is 17.1. The van der Waals surface area contributed by atoms with Gasteiger partial charge in [-0.05, 0) is 13.0 Å². The van der Waals surface area contributed by atoms with E-state index in [9.17, 15) is 0 Å². The number of unbranched alkanes of at least 4 members (excludes halogenated alkanes) is 9. The molecule has 0 spiro atoms. The second kappa shape index (κ2) is 16.1. The smallest absolute Gasteiger partial charge is 0 e. The molecule has 1 radical (unpaired) electrons. The topological polar surface area (TPSA) is 26.0 Å². The van der Waals surface area contributed by atoms with E-state index in [0.717, 1.165) is 6.54 Å². The average Bonchev–Trinajstić information content (AvgIpc) is 2.16. The van der Waals surface area contributed by atoms with Gasteiger partial charge in [-0.25, -0.2) is 0 Å². The summed E-state index contributed by atoms with van der Waals surface area (Å²) in [6, 6.07) is 0. The van der Waals surface area contributed by atoms with Gasteiger partial charge in [-0.2, -0.15) is 0 Å². The Morgan fingerprint density at radius 1 is 0.643 bits per heavy atom. The molecule has 91 valence electrons. The fourth-order valence-electron chi connectivity index (χ4n) is 1.63. The molecule has 14 heavy (non-hydrogen) atoms. The van der Waals surface area contributed by atoms with E-state index in [0.29, 0.717) is 0 Å². The Hall–Kier alpha value is 0.700. The molecule has 0 atom stereocenters. The molecule has 0 unspecified atom stereocenters. The van der Waals surface area contributed by atoms with Crippen LogP contribution in [0, 0.1) is 0 Å². The number of nitrogens with two attached hydrogens (primary N) is 1. The van der Waals surface area contributed by atoms with Crippen LogP contribution in [0.25, 0.3) is 0 Å². The second-order valence-electron chi connectivity index (χ2n) is 3.97. The molecule has 0 saturated carbocycles. The van der Waals surface area contributed by atoms with Crippen LogP contribution in [0.2, 0.25) is 0 Å².